The highest BCUT2D eigenvalue weighted by Gasteiger charge is 2.34. The highest BCUT2D eigenvalue weighted by atomic mass is 32.2. The maximum absolute atomic E-state index is 13.0. The smallest absolute Gasteiger partial charge is 0.337 e. The van der Waals surface area contributed by atoms with Gasteiger partial charge in [-0.1, -0.05) is 24.3 Å². The largest absolute Gasteiger partial charge is 0.465 e. The predicted octanol–water partition coefficient (Wildman–Crippen LogP) is 2.46. The van der Waals surface area contributed by atoms with Gasteiger partial charge in [0.25, 0.3) is 0 Å². The summed E-state index contributed by atoms with van der Waals surface area (Å²) in [5, 5.41) is 0. The van der Waals surface area contributed by atoms with E-state index in [9.17, 15) is 18.0 Å². The molecule has 2 aromatic rings. The van der Waals surface area contributed by atoms with Crippen LogP contribution in [0.25, 0.3) is 0 Å². The summed E-state index contributed by atoms with van der Waals surface area (Å²) in [5.74, 6) is -0.545. The number of esters is 1. The monoisotopic (exact) mass is 442 g/mol. The number of methoxy groups -OCH3 is 1. The molecule has 2 aliphatic heterocycles. The van der Waals surface area contributed by atoms with E-state index >= 15 is 0 Å². The number of piperidine rings is 1. The van der Waals surface area contributed by atoms with Gasteiger partial charge >= 0.3 is 5.97 Å². The first-order chi connectivity index (χ1) is 14.9. The van der Waals surface area contributed by atoms with Crippen molar-refractivity contribution in [3.8, 4) is 0 Å². The number of carbonyl (C=O) groups is 2. The van der Waals surface area contributed by atoms with Crippen LogP contribution in [0.1, 0.15) is 34.3 Å². The number of hydrogen-bond donors (Lipinski definition) is 0. The van der Waals surface area contributed by atoms with Gasteiger partial charge in [-0.25, -0.2) is 13.2 Å². The summed E-state index contributed by atoms with van der Waals surface area (Å²) in [5.41, 5.74) is 2.79. The van der Waals surface area contributed by atoms with E-state index in [1.807, 2.05) is 17.0 Å². The average molecular weight is 443 g/mol. The number of rotatable bonds is 4. The topological polar surface area (TPSA) is 84.0 Å². The first-order valence-electron chi connectivity index (χ1n) is 10.4. The van der Waals surface area contributed by atoms with Crippen LogP contribution in [0.15, 0.2) is 53.4 Å². The Morgan fingerprint density at radius 1 is 0.935 bits per heavy atom. The van der Waals surface area contributed by atoms with Gasteiger partial charge in [0.1, 0.15) is 0 Å². The van der Waals surface area contributed by atoms with Crippen LogP contribution in [0.2, 0.25) is 0 Å². The van der Waals surface area contributed by atoms with Gasteiger partial charge in [0.15, 0.2) is 0 Å². The molecule has 1 amide bonds. The van der Waals surface area contributed by atoms with Gasteiger partial charge in [-0.3, -0.25) is 4.79 Å². The highest BCUT2D eigenvalue weighted by molar-refractivity contribution is 7.89. The Kier molecular flexibility index (Phi) is 6.11. The van der Waals surface area contributed by atoms with E-state index in [-0.39, 0.29) is 16.7 Å². The van der Waals surface area contributed by atoms with Gasteiger partial charge in [0, 0.05) is 32.1 Å². The lowest BCUT2D eigenvalue weighted by atomic mass is 9.94. The average Bonchev–Trinajstić information content (AvgIpc) is 2.83. The van der Waals surface area contributed by atoms with Crippen molar-refractivity contribution in [2.75, 3.05) is 26.7 Å². The quantitative estimate of drug-likeness (QED) is 0.679. The molecule has 2 aromatic carbocycles. The lowest BCUT2D eigenvalue weighted by molar-refractivity contribution is -0.137. The van der Waals surface area contributed by atoms with E-state index in [1.54, 1.807) is 0 Å². The Morgan fingerprint density at radius 2 is 1.58 bits per heavy atom. The van der Waals surface area contributed by atoms with Crippen LogP contribution in [0, 0.1) is 5.92 Å². The van der Waals surface area contributed by atoms with E-state index in [4.69, 9.17) is 0 Å². The van der Waals surface area contributed by atoms with Crippen LogP contribution in [0.5, 0.6) is 0 Å². The van der Waals surface area contributed by atoms with Crippen molar-refractivity contribution in [1.82, 2.24) is 9.21 Å². The number of fused-ring (bicyclic) bond motifs is 1. The molecule has 2 aliphatic rings. The molecule has 0 atom stereocenters. The van der Waals surface area contributed by atoms with Crippen molar-refractivity contribution in [2.45, 2.75) is 30.7 Å². The molecule has 0 aliphatic carbocycles. The predicted molar refractivity (Wildman–Crippen MR) is 115 cm³/mol. The number of sulfonamides is 1. The molecule has 7 nitrogen and oxygen atoms in total. The Hall–Kier alpha value is -2.71. The molecular weight excluding hydrogens is 416 g/mol. The molecular formula is C23H26N2O5S. The number of benzene rings is 2. The van der Waals surface area contributed by atoms with Crippen molar-refractivity contribution in [1.29, 1.82) is 0 Å². The molecule has 8 heteroatoms. The second kappa shape index (κ2) is 8.80. The normalized spacial score (nSPS) is 17.8. The summed E-state index contributed by atoms with van der Waals surface area (Å²) < 4.78 is 32.0. The van der Waals surface area contributed by atoms with Crippen LogP contribution in [0.3, 0.4) is 0 Å². The van der Waals surface area contributed by atoms with E-state index in [1.165, 1.54) is 46.8 Å². The molecule has 0 unspecified atom stereocenters. The Morgan fingerprint density at radius 3 is 2.23 bits per heavy atom. The van der Waals surface area contributed by atoms with Crippen LogP contribution >= 0.6 is 0 Å². The minimum Gasteiger partial charge on any atom is -0.465 e. The van der Waals surface area contributed by atoms with E-state index in [2.05, 4.69) is 16.9 Å². The van der Waals surface area contributed by atoms with Crippen molar-refractivity contribution < 1.29 is 22.7 Å². The van der Waals surface area contributed by atoms with E-state index in [0.717, 1.165) is 6.42 Å². The van der Waals surface area contributed by atoms with Crippen LogP contribution in [0.4, 0.5) is 0 Å². The number of nitrogens with zero attached hydrogens (tertiary/aromatic N) is 2. The minimum absolute atomic E-state index is 0.119. The standard InChI is InChI=1S/C23H26N2O5S/c1-30-23(27)19-6-8-21(9-7-19)31(28,29)25-14-11-18(12-15-25)22(26)24-13-10-17-4-2-3-5-20(17)16-24/h2-9,18H,10-16H2,1H3. The molecule has 31 heavy (non-hydrogen) atoms. The second-order valence-corrected chi connectivity index (χ2v) is 9.91. The molecule has 0 N–H and O–H groups in total. The molecule has 164 valence electrons. The third-order valence-corrected chi connectivity index (χ3v) is 8.07. The SMILES string of the molecule is COC(=O)c1ccc(S(=O)(=O)N2CCC(C(=O)N3CCc4ccccc4C3)CC2)cc1. The fourth-order valence-electron chi connectivity index (χ4n) is 4.32. The number of carbonyl (C=O) groups excluding carboxylic acids is 2. The zero-order chi connectivity index (χ0) is 22.0. The molecule has 2 heterocycles. The Bertz CT molecular complexity index is 1070. The van der Waals surface area contributed by atoms with Crippen molar-refractivity contribution in [3.05, 3.63) is 65.2 Å². The van der Waals surface area contributed by atoms with Gasteiger partial charge in [-0.15, -0.1) is 0 Å². The summed E-state index contributed by atoms with van der Waals surface area (Å²) in [6.45, 7) is 1.95. The number of ether oxygens (including phenoxy) is 1. The van der Waals surface area contributed by atoms with Gasteiger partial charge in [0.05, 0.1) is 17.6 Å². The fourth-order valence-corrected chi connectivity index (χ4v) is 5.78. The van der Waals surface area contributed by atoms with Gasteiger partial charge in [0.2, 0.25) is 15.9 Å². The number of hydrogen-bond acceptors (Lipinski definition) is 5. The maximum atomic E-state index is 13.0. The van der Waals surface area contributed by atoms with Crippen molar-refractivity contribution >= 4 is 21.9 Å². The molecule has 0 bridgehead atoms. The summed E-state index contributed by atoms with van der Waals surface area (Å²) >= 11 is 0. The summed E-state index contributed by atoms with van der Waals surface area (Å²) in [6, 6.07) is 13.9. The molecule has 4 rings (SSSR count). The molecule has 1 fully saturated rings. The van der Waals surface area contributed by atoms with Crippen LogP contribution in [-0.4, -0.2) is 56.2 Å². The van der Waals surface area contributed by atoms with Crippen LogP contribution in [-0.2, 0) is 32.5 Å². The second-order valence-electron chi connectivity index (χ2n) is 7.97. The summed E-state index contributed by atoms with van der Waals surface area (Å²) in [7, 11) is -2.39. The van der Waals surface area contributed by atoms with E-state index in [0.29, 0.717) is 44.6 Å². The summed E-state index contributed by atoms with van der Waals surface area (Å²) in [4.78, 5) is 26.6. The fraction of sp³-hybridized carbons (Fsp3) is 0.391. The zero-order valence-electron chi connectivity index (χ0n) is 17.5. The minimum atomic E-state index is -3.67. The maximum Gasteiger partial charge on any atom is 0.337 e. The molecule has 0 saturated carbocycles. The molecule has 0 spiro atoms. The van der Waals surface area contributed by atoms with Crippen molar-refractivity contribution in [2.24, 2.45) is 5.92 Å². The highest BCUT2D eigenvalue weighted by Crippen LogP contribution is 2.27. The first kappa shape index (κ1) is 21.5. The third-order valence-electron chi connectivity index (χ3n) is 6.16. The Labute approximate surface area is 182 Å². The first-order valence-corrected chi connectivity index (χ1v) is 11.9. The van der Waals surface area contributed by atoms with Gasteiger partial charge in [-0.05, 0) is 54.7 Å². The number of amides is 1. The molecule has 0 aromatic heterocycles. The van der Waals surface area contributed by atoms with Gasteiger partial charge < -0.3 is 9.64 Å². The molecule has 0 radical (unpaired) electrons. The van der Waals surface area contributed by atoms with Gasteiger partial charge in [-0.2, -0.15) is 4.31 Å². The zero-order valence-corrected chi connectivity index (χ0v) is 18.3. The van der Waals surface area contributed by atoms with E-state index < -0.39 is 16.0 Å². The lowest BCUT2D eigenvalue weighted by Crippen LogP contribution is -2.45. The summed E-state index contributed by atoms with van der Waals surface area (Å²) in [6.07, 6.45) is 1.88. The molecule has 1 saturated heterocycles. The lowest BCUT2D eigenvalue weighted by Gasteiger charge is -2.35. The third kappa shape index (κ3) is 4.36. The van der Waals surface area contributed by atoms with Crippen LogP contribution < -0.4 is 0 Å². The Balaban J connectivity index is 1.38. The van der Waals surface area contributed by atoms with Crippen molar-refractivity contribution in [3.63, 3.8) is 0 Å².